The van der Waals surface area contributed by atoms with E-state index in [0.29, 0.717) is 17.0 Å². The van der Waals surface area contributed by atoms with Gasteiger partial charge in [-0.05, 0) is 18.2 Å². The van der Waals surface area contributed by atoms with E-state index in [0.717, 1.165) is 0 Å². The Morgan fingerprint density at radius 3 is 2.83 bits per heavy atom. The lowest BCUT2D eigenvalue weighted by atomic mass is 10.1. The third-order valence-electron chi connectivity index (χ3n) is 2.22. The minimum absolute atomic E-state index is 0.150. The quantitative estimate of drug-likeness (QED) is 0.468. The van der Waals surface area contributed by atoms with Crippen LogP contribution < -0.4 is 21.1 Å². The number of guanidine groups is 1. The summed E-state index contributed by atoms with van der Waals surface area (Å²) in [5.41, 5.74) is 6.96. The van der Waals surface area contributed by atoms with Crippen molar-refractivity contribution in [3.63, 3.8) is 0 Å². The molecule has 0 spiro atoms. The highest BCUT2D eigenvalue weighted by Gasteiger charge is 2.06. The maximum atomic E-state index is 10.5. The Hall–Kier alpha value is -2.44. The summed E-state index contributed by atoms with van der Waals surface area (Å²) in [4.78, 5) is 14.2. The fourth-order valence-corrected chi connectivity index (χ4v) is 1.37. The van der Waals surface area contributed by atoms with Crippen LogP contribution in [0.5, 0.6) is 5.75 Å². The summed E-state index contributed by atoms with van der Waals surface area (Å²) in [6.45, 7) is 0.150. The molecule has 1 rings (SSSR count). The molecule has 0 aliphatic carbocycles. The van der Waals surface area contributed by atoms with Crippen LogP contribution in [0.1, 0.15) is 5.56 Å². The van der Waals surface area contributed by atoms with Gasteiger partial charge in [0, 0.05) is 24.8 Å². The Balaban J connectivity index is 2.90. The topological polar surface area (TPSA) is 109 Å². The summed E-state index contributed by atoms with van der Waals surface area (Å²) in [5, 5.41) is 13.7. The lowest BCUT2D eigenvalue weighted by Crippen LogP contribution is -2.23. The highest BCUT2D eigenvalue weighted by Crippen LogP contribution is 2.22. The molecule has 0 saturated carbocycles. The maximum absolute atomic E-state index is 10.5. The van der Waals surface area contributed by atoms with Gasteiger partial charge in [-0.2, -0.15) is 0 Å². The van der Waals surface area contributed by atoms with Crippen LogP contribution in [0.25, 0.3) is 0 Å². The molecule has 0 saturated heterocycles. The summed E-state index contributed by atoms with van der Waals surface area (Å²) >= 11 is 0. The summed E-state index contributed by atoms with van der Waals surface area (Å²) in [6.07, 6.45) is -1.09. The molecule has 1 aromatic rings. The Kier molecular flexibility index (Phi) is 4.79. The monoisotopic (exact) mass is 252 g/mol. The normalized spacial score (nSPS) is 10.9. The van der Waals surface area contributed by atoms with E-state index in [9.17, 15) is 4.79 Å². The van der Waals surface area contributed by atoms with Crippen LogP contribution in [0.4, 0.5) is 10.5 Å². The highest BCUT2D eigenvalue weighted by atomic mass is 16.5. The SMILES string of the molecule is CN=C(N)Nc1ccc(OC)c(CNC(=O)O)c1. The van der Waals surface area contributed by atoms with E-state index in [4.69, 9.17) is 15.6 Å². The van der Waals surface area contributed by atoms with Crippen molar-refractivity contribution in [2.45, 2.75) is 6.54 Å². The third kappa shape index (κ3) is 3.85. The van der Waals surface area contributed by atoms with Crippen molar-refractivity contribution in [1.29, 1.82) is 0 Å². The Morgan fingerprint density at radius 1 is 1.56 bits per heavy atom. The van der Waals surface area contributed by atoms with Crippen LogP contribution in [-0.4, -0.2) is 31.3 Å². The van der Waals surface area contributed by atoms with Gasteiger partial charge in [-0.1, -0.05) is 0 Å². The number of hydrogen-bond acceptors (Lipinski definition) is 3. The molecule has 98 valence electrons. The zero-order valence-corrected chi connectivity index (χ0v) is 10.2. The molecular formula is C11H16N4O3. The number of anilines is 1. The van der Waals surface area contributed by atoms with Crippen LogP contribution in [0.15, 0.2) is 23.2 Å². The number of methoxy groups -OCH3 is 1. The number of carbonyl (C=O) groups is 1. The summed E-state index contributed by atoms with van der Waals surface area (Å²) in [5.74, 6) is 0.874. The zero-order chi connectivity index (χ0) is 13.5. The molecule has 0 atom stereocenters. The molecule has 0 aliphatic heterocycles. The predicted molar refractivity (Wildman–Crippen MR) is 69.0 cm³/mol. The van der Waals surface area contributed by atoms with Crippen molar-refractivity contribution in [3.8, 4) is 5.75 Å². The summed E-state index contributed by atoms with van der Waals surface area (Å²) in [7, 11) is 3.09. The van der Waals surface area contributed by atoms with Crippen molar-refractivity contribution >= 4 is 17.7 Å². The highest BCUT2D eigenvalue weighted by molar-refractivity contribution is 5.92. The molecule has 0 fully saturated rings. The minimum atomic E-state index is -1.09. The second-order valence-corrected chi connectivity index (χ2v) is 3.42. The number of rotatable bonds is 4. The molecule has 1 amide bonds. The molecule has 0 unspecified atom stereocenters. The predicted octanol–water partition coefficient (Wildman–Crippen LogP) is 0.819. The number of benzene rings is 1. The standard InChI is InChI=1S/C11H16N4O3/c1-13-10(12)15-8-3-4-9(18-2)7(5-8)6-14-11(16)17/h3-5,14H,6H2,1-2H3,(H,16,17)(H3,12,13,15). The number of nitrogens with one attached hydrogen (secondary N) is 2. The molecule has 7 heteroatoms. The van der Waals surface area contributed by atoms with Gasteiger partial charge in [0.05, 0.1) is 7.11 Å². The van der Waals surface area contributed by atoms with Gasteiger partial charge >= 0.3 is 6.09 Å². The first-order valence-corrected chi connectivity index (χ1v) is 5.19. The second-order valence-electron chi connectivity index (χ2n) is 3.42. The molecule has 0 radical (unpaired) electrons. The van der Waals surface area contributed by atoms with Gasteiger partial charge < -0.3 is 26.2 Å². The molecule has 5 N–H and O–H groups in total. The number of amides is 1. The maximum Gasteiger partial charge on any atom is 0.404 e. The molecule has 18 heavy (non-hydrogen) atoms. The van der Waals surface area contributed by atoms with Crippen LogP contribution in [-0.2, 0) is 6.54 Å². The van der Waals surface area contributed by atoms with Crippen molar-refractivity contribution < 1.29 is 14.6 Å². The lowest BCUT2D eigenvalue weighted by molar-refractivity contribution is 0.194. The van der Waals surface area contributed by atoms with E-state index in [-0.39, 0.29) is 12.5 Å². The van der Waals surface area contributed by atoms with Gasteiger partial charge in [0.25, 0.3) is 0 Å². The largest absolute Gasteiger partial charge is 0.496 e. The van der Waals surface area contributed by atoms with Crippen molar-refractivity contribution in [1.82, 2.24) is 5.32 Å². The number of nitrogens with zero attached hydrogens (tertiary/aromatic N) is 1. The molecule has 0 heterocycles. The Bertz CT molecular complexity index is 460. The van der Waals surface area contributed by atoms with E-state index in [1.807, 2.05) is 0 Å². The van der Waals surface area contributed by atoms with E-state index in [2.05, 4.69) is 15.6 Å². The first-order valence-electron chi connectivity index (χ1n) is 5.19. The number of nitrogens with two attached hydrogens (primary N) is 1. The van der Waals surface area contributed by atoms with Gasteiger partial charge in [0.1, 0.15) is 5.75 Å². The number of hydrogen-bond donors (Lipinski definition) is 4. The number of aliphatic imine (C=N–C) groups is 1. The van der Waals surface area contributed by atoms with Gasteiger partial charge in [-0.25, -0.2) is 4.79 Å². The molecule has 0 aromatic heterocycles. The van der Waals surface area contributed by atoms with Crippen LogP contribution in [0, 0.1) is 0 Å². The first-order chi connectivity index (χ1) is 8.56. The average Bonchev–Trinajstić information content (AvgIpc) is 2.36. The van der Waals surface area contributed by atoms with Crippen LogP contribution >= 0.6 is 0 Å². The van der Waals surface area contributed by atoms with Crippen LogP contribution in [0.2, 0.25) is 0 Å². The number of carboxylic acid groups (broad SMARTS) is 1. The molecule has 7 nitrogen and oxygen atoms in total. The minimum Gasteiger partial charge on any atom is -0.496 e. The molecule has 1 aromatic carbocycles. The lowest BCUT2D eigenvalue weighted by Gasteiger charge is -2.11. The fourth-order valence-electron chi connectivity index (χ4n) is 1.37. The zero-order valence-electron chi connectivity index (χ0n) is 10.2. The van der Waals surface area contributed by atoms with Gasteiger partial charge in [-0.3, -0.25) is 4.99 Å². The van der Waals surface area contributed by atoms with Crippen molar-refractivity contribution in [2.24, 2.45) is 10.7 Å². The summed E-state index contributed by atoms with van der Waals surface area (Å²) < 4.78 is 5.14. The summed E-state index contributed by atoms with van der Waals surface area (Å²) in [6, 6.07) is 5.23. The Morgan fingerprint density at radius 2 is 2.28 bits per heavy atom. The van der Waals surface area contributed by atoms with E-state index >= 15 is 0 Å². The van der Waals surface area contributed by atoms with Crippen molar-refractivity contribution in [2.75, 3.05) is 19.5 Å². The van der Waals surface area contributed by atoms with Crippen molar-refractivity contribution in [3.05, 3.63) is 23.8 Å². The van der Waals surface area contributed by atoms with Gasteiger partial charge in [0.15, 0.2) is 5.96 Å². The second kappa shape index (κ2) is 6.33. The van der Waals surface area contributed by atoms with E-state index in [1.165, 1.54) is 7.11 Å². The van der Waals surface area contributed by atoms with Gasteiger partial charge in [-0.15, -0.1) is 0 Å². The van der Waals surface area contributed by atoms with Gasteiger partial charge in [0.2, 0.25) is 0 Å². The Labute approximate surface area is 105 Å². The third-order valence-corrected chi connectivity index (χ3v) is 2.22. The molecule has 0 aliphatic rings. The fraction of sp³-hybridized carbons (Fsp3) is 0.273. The average molecular weight is 252 g/mol. The van der Waals surface area contributed by atoms with E-state index < -0.39 is 6.09 Å². The van der Waals surface area contributed by atoms with Crippen LogP contribution in [0.3, 0.4) is 0 Å². The molecular weight excluding hydrogens is 236 g/mol. The first kappa shape index (κ1) is 13.6. The number of ether oxygens (including phenoxy) is 1. The van der Waals surface area contributed by atoms with E-state index in [1.54, 1.807) is 25.2 Å². The molecule has 0 bridgehead atoms. The smallest absolute Gasteiger partial charge is 0.404 e.